The minimum absolute atomic E-state index is 0.331. The number of rotatable bonds is 4. The lowest BCUT2D eigenvalue weighted by Gasteiger charge is -2.18. The fourth-order valence-electron chi connectivity index (χ4n) is 3.16. The van der Waals surface area contributed by atoms with Crippen molar-refractivity contribution in [2.75, 3.05) is 13.1 Å². The van der Waals surface area contributed by atoms with Crippen LogP contribution in [0, 0.1) is 0 Å². The summed E-state index contributed by atoms with van der Waals surface area (Å²) < 4.78 is 8.23. The largest absolute Gasteiger partial charge is 0.374 e. The van der Waals surface area contributed by atoms with E-state index in [0.29, 0.717) is 12.2 Å². The molecule has 0 N–H and O–H groups in total. The highest BCUT2D eigenvalue weighted by molar-refractivity contribution is 5.81. The summed E-state index contributed by atoms with van der Waals surface area (Å²) in [6.07, 6.45) is 1.89. The van der Waals surface area contributed by atoms with E-state index in [2.05, 4.69) is 60.7 Å². The molecule has 0 radical (unpaired) electrons. The summed E-state index contributed by atoms with van der Waals surface area (Å²) in [5.41, 5.74) is 2.70. The molecule has 1 fully saturated rings. The van der Waals surface area contributed by atoms with Crippen LogP contribution in [0.1, 0.15) is 26.0 Å². The number of aromatic nitrogens is 1. The molecule has 0 spiro atoms. The van der Waals surface area contributed by atoms with Crippen LogP contribution in [-0.2, 0) is 18.3 Å². The van der Waals surface area contributed by atoms with Crippen molar-refractivity contribution < 1.29 is 4.74 Å². The van der Waals surface area contributed by atoms with Gasteiger partial charge in [-0.2, -0.15) is 0 Å². The first-order chi connectivity index (χ1) is 9.63. The summed E-state index contributed by atoms with van der Waals surface area (Å²) in [7, 11) is 2.16. The quantitative estimate of drug-likeness (QED) is 0.850. The van der Waals surface area contributed by atoms with E-state index in [1.165, 1.54) is 16.6 Å². The van der Waals surface area contributed by atoms with Gasteiger partial charge in [-0.15, -0.1) is 0 Å². The molecule has 3 heteroatoms. The van der Waals surface area contributed by atoms with Crippen molar-refractivity contribution in [3.8, 4) is 0 Å². The second-order valence-electron chi connectivity index (χ2n) is 6.08. The van der Waals surface area contributed by atoms with E-state index in [9.17, 15) is 0 Å². The molecule has 1 aromatic heterocycles. The van der Waals surface area contributed by atoms with Gasteiger partial charge in [0.15, 0.2) is 0 Å². The molecule has 1 aromatic carbocycles. The van der Waals surface area contributed by atoms with Crippen molar-refractivity contribution in [2.24, 2.45) is 7.05 Å². The molecule has 1 aliphatic rings. The van der Waals surface area contributed by atoms with Gasteiger partial charge in [-0.3, -0.25) is 4.90 Å². The first-order valence-electron chi connectivity index (χ1n) is 7.54. The van der Waals surface area contributed by atoms with Crippen LogP contribution in [0.2, 0.25) is 0 Å². The molecule has 0 amide bonds. The molecule has 1 aliphatic heterocycles. The number of hydrogen-bond acceptors (Lipinski definition) is 2. The van der Waals surface area contributed by atoms with Crippen LogP contribution in [0.5, 0.6) is 0 Å². The van der Waals surface area contributed by atoms with Gasteiger partial charge in [0.25, 0.3) is 0 Å². The number of aryl methyl sites for hydroxylation is 1. The zero-order chi connectivity index (χ0) is 14.1. The number of para-hydroxylation sites is 1. The molecule has 1 atom stereocenters. The molecule has 108 valence electrons. The Bertz CT molecular complexity index is 588. The SMILES string of the molecule is CC(C)O[C@@H]1CCN(Cc2cc3ccccc3n2C)C1. The molecule has 3 rings (SSSR count). The van der Waals surface area contributed by atoms with Crippen molar-refractivity contribution in [1.29, 1.82) is 0 Å². The van der Waals surface area contributed by atoms with E-state index in [1.807, 2.05) is 0 Å². The Morgan fingerprint density at radius 3 is 2.85 bits per heavy atom. The van der Waals surface area contributed by atoms with Crippen LogP contribution in [0.15, 0.2) is 30.3 Å². The van der Waals surface area contributed by atoms with E-state index < -0.39 is 0 Å². The smallest absolute Gasteiger partial charge is 0.0717 e. The number of fused-ring (bicyclic) bond motifs is 1. The standard InChI is InChI=1S/C17H24N2O/c1-13(2)20-16-8-9-19(12-16)11-15-10-14-6-4-5-7-17(14)18(15)3/h4-7,10,13,16H,8-9,11-12H2,1-3H3/t16-/m1/s1. The Balaban J connectivity index is 1.70. The molecule has 20 heavy (non-hydrogen) atoms. The highest BCUT2D eigenvalue weighted by Crippen LogP contribution is 2.22. The average Bonchev–Trinajstić information content (AvgIpc) is 2.96. The molecule has 0 aliphatic carbocycles. The fourth-order valence-corrected chi connectivity index (χ4v) is 3.16. The van der Waals surface area contributed by atoms with Gasteiger partial charge in [-0.1, -0.05) is 18.2 Å². The van der Waals surface area contributed by atoms with Crippen LogP contribution >= 0.6 is 0 Å². The molecule has 1 saturated heterocycles. The van der Waals surface area contributed by atoms with Crippen molar-refractivity contribution in [3.05, 3.63) is 36.0 Å². The third-order valence-corrected chi connectivity index (χ3v) is 4.13. The van der Waals surface area contributed by atoms with Crippen molar-refractivity contribution >= 4 is 10.9 Å². The molecule has 0 unspecified atom stereocenters. The summed E-state index contributed by atoms with van der Waals surface area (Å²) >= 11 is 0. The maximum Gasteiger partial charge on any atom is 0.0717 e. The van der Waals surface area contributed by atoms with Crippen LogP contribution in [0.3, 0.4) is 0 Å². The predicted octanol–water partition coefficient (Wildman–Crippen LogP) is 3.18. The van der Waals surface area contributed by atoms with Gasteiger partial charge in [-0.05, 0) is 37.8 Å². The molecule has 0 saturated carbocycles. The van der Waals surface area contributed by atoms with E-state index in [1.54, 1.807) is 0 Å². The zero-order valence-electron chi connectivity index (χ0n) is 12.7. The highest BCUT2D eigenvalue weighted by atomic mass is 16.5. The fraction of sp³-hybridized carbons (Fsp3) is 0.529. The number of nitrogens with zero attached hydrogens (tertiary/aromatic N) is 2. The van der Waals surface area contributed by atoms with E-state index in [4.69, 9.17) is 4.74 Å². The van der Waals surface area contributed by atoms with Crippen LogP contribution < -0.4 is 0 Å². The van der Waals surface area contributed by atoms with Gasteiger partial charge in [0.1, 0.15) is 0 Å². The number of likely N-dealkylation sites (tertiary alicyclic amines) is 1. The third kappa shape index (κ3) is 2.74. The lowest BCUT2D eigenvalue weighted by molar-refractivity contribution is 0.0136. The summed E-state index contributed by atoms with van der Waals surface area (Å²) in [6, 6.07) is 10.9. The maximum atomic E-state index is 5.92. The molecular formula is C17H24N2O. The van der Waals surface area contributed by atoms with E-state index in [-0.39, 0.29) is 0 Å². The lowest BCUT2D eigenvalue weighted by Crippen LogP contribution is -2.25. The van der Waals surface area contributed by atoms with Crippen LogP contribution in [-0.4, -0.2) is 34.8 Å². The summed E-state index contributed by atoms with van der Waals surface area (Å²) in [6.45, 7) is 7.45. The molecular weight excluding hydrogens is 248 g/mol. The topological polar surface area (TPSA) is 17.4 Å². The summed E-state index contributed by atoms with van der Waals surface area (Å²) in [4.78, 5) is 2.50. The summed E-state index contributed by atoms with van der Waals surface area (Å²) in [5, 5.41) is 1.33. The minimum atomic E-state index is 0.331. The van der Waals surface area contributed by atoms with E-state index >= 15 is 0 Å². The number of benzene rings is 1. The van der Waals surface area contributed by atoms with Gasteiger partial charge in [0, 0.05) is 37.9 Å². The predicted molar refractivity (Wildman–Crippen MR) is 82.8 cm³/mol. The van der Waals surface area contributed by atoms with Gasteiger partial charge in [0.05, 0.1) is 12.2 Å². The van der Waals surface area contributed by atoms with Gasteiger partial charge in [0.2, 0.25) is 0 Å². The molecule has 3 nitrogen and oxygen atoms in total. The monoisotopic (exact) mass is 272 g/mol. The van der Waals surface area contributed by atoms with E-state index in [0.717, 1.165) is 26.1 Å². The van der Waals surface area contributed by atoms with Crippen molar-refractivity contribution in [1.82, 2.24) is 9.47 Å². The average molecular weight is 272 g/mol. The summed E-state index contributed by atoms with van der Waals surface area (Å²) in [5.74, 6) is 0. The van der Waals surface area contributed by atoms with Crippen LogP contribution in [0.4, 0.5) is 0 Å². The first kappa shape index (κ1) is 13.7. The molecule has 2 aromatic rings. The second kappa shape index (κ2) is 5.58. The lowest BCUT2D eigenvalue weighted by atomic mass is 10.2. The highest BCUT2D eigenvalue weighted by Gasteiger charge is 2.24. The molecule has 0 bridgehead atoms. The Morgan fingerprint density at radius 2 is 2.10 bits per heavy atom. The zero-order valence-corrected chi connectivity index (χ0v) is 12.7. The normalized spacial score (nSPS) is 20.3. The van der Waals surface area contributed by atoms with Crippen LogP contribution in [0.25, 0.3) is 10.9 Å². The second-order valence-corrected chi connectivity index (χ2v) is 6.08. The maximum absolute atomic E-state index is 5.92. The Labute approximate surface area is 121 Å². The number of ether oxygens (including phenoxy) is 1. The Kier molecular flexibility index (Phi) is 3.81. The van der Waals surface area contributed by atoms with Gasteiger partial charge < -0.3 is 9.30 Å². The minimum Gasteiger partial charge on any atom is -0.374 e. The van der Waals surface area contributed by atoms with Crippen molar-refractivity contribution in [2.45, 2.75) is 39.0 Å². The van der Waals surface area contributed by atoms with Gasteiger partial charge >= 0.3 is 0 Å². The molecule has 2 heterocycles. The Hall–Kier alpha value is -1.32. The van der Waals surface area contributed by atoms with Gasteiger partial charge in [-0.25, -0.2) is 0 Å². The first-order valence-corrected chi connectivity index (χ1v) is 7.54. The van der Waals surface area contributed by atoms with Crippen molar-refractivity contribution in [3.63, 3.8) is 0 Å². The Morgan fingerprint density at radius 1 is 1.30 bits per heavy atom. The third-order valence-electron chi connectivity index (χ3n) is 4.13. The number of hydrogen-bond donors (Lipinski definition) is 0.